The molecule has 0 aromatic rings. The number of β-amino-alcohol motifs (C(OH)–C–C–N with tert-alkyl or cyclic N) is 1. The Bertz CT molecular complexity index is 177. The van der Waals surface area contributed by atoms with E-state index in [0.717, 1.165) is 19.6 Å². The number of hydrogen-bond donors (Lipinski definition) is 1. The summed E-state index contributed by atoms with van der Waals surface area (Å²) in [6.45, 7) is 10.2. The highest BCUT2D eigenvalue weighted by Crippen LogP contribution is 2.12. The van der Waals surface area contributed by atoms with Crippen LogP contribution in [0, 0.1) is 0 Å². The fourth-order valence-electron chi connectivity index (χ4n) is 2.15. The van der Waals surface area contributed by atoms with E-state index < -0.39 is 5.60 Å². The molecule has 0 radical (unpaired) electrons. The predicted octanol–water partition coefficient (Wildman–Crippen LogP) is 0.783. The van der Waals surface area contributed by atoms with E-state index in [1.165, 1.54) is 13.0 Å². The minimum absolute atomic E-state index is 0.550. The van der Waals surface area contributed by atoms with Gasteiger partial charge in [-0.1, -0.05) is 0 Å². The van der Waals surface area contributed by atoms with Crippen molar-refractivity contribution < 1.29 is 5.11 Å². The van der Waals surface area contributed by atoms with Crippen molar-refractivity contribution in [3.63, 3.8) is 0 Å². The highest BCUT2D eigenvalue weighted by Gasteiger charge is 2.24. The summed E-state index contributed by atoms with van der Waals surface area (Å²) in [6.07, 6.45) is 1.21. The molecule has 0 bridgehead atoms. The molecule has 1 N–H and O–H groups in total. The second kappa shape index (κ2) is 4.60. The first-order valence-electron chi connectivity index (χ1n) is 5.53. The van der Waals surface area contributed by atoms with Crippen LogP contribution in [0.15, 0.2) is 0 Å². The number of hydrogen-bond acceptors (Lipinski definition) is 3. The summed E-state index contributed by atoms with van der Waals surface area (Å²) in [5, 5.41) is 9.79. The lowest BCUT2D eigenvalue weighted by atomic mass is 10.1. The van der Waals surface area contributed by atoms with Gasteiger partial charge in [-0.2, -0.15) is 0 Å². The predicted molar refractivity (Wildman–Crippen MR) is 59.4 cm³/mol. The lowest BCUT2D eigenvalue weighted by molar-refractivity contribution is 0.0243. The summed E-state index contributed by atoms with van der Waals surface area (Å²) in [4.78, 5) is 4.76. The van der Waals surface area contributed by atoms with Crippen molar-refractivity contribution in [2.45, 2.75) is 38.8 Å². The van der Waals surface area contributed by atoms with Gasteiger partial charge in [0.2, 0.25) is 0 Å². The van der Waals surface area contributed by atoms with Gasteiger partial charge >= 0.3 is 0 Å². The Hall–Kier alpha value is -0.120. The van der Waals surface area contributed by atoms with E-state index in [9.17, 15) is 5.11 Å². The molecule has 0 aromatic heterocycles. The zero-order valence-corrected chi connectivity index (χ0v) is 9.95. The third-order valence-corrected chi connectivity index (χ3v) is 2.77. The van der Waals surface area contributed by atoms with Crippen molar-refractivity contribution in [2.75, 3.05) is 33.2 Å². The molecule has 1 rings (SSSR count). The summed E-state index contributed by atoms with van der Waals surface area (Å²) in [7, 11) is 2.17. The van der Waals surface area contributed by atoms with Crippen LogP contribution in [-0.2, 0) is 0 Å². The van der Waals surface area contributed by atoms with Gasteiger partial charge in [-0.05, 0) is 47.3 Å². The largest absolute Gasteiger partial charge is 0.389 e. The fourth-order valence-corrected chi connectivity index (χ4v) is 2.15. The molecule has 3 heteroatoms. The number of nitrogens with zero attached hydrogens (tertiary/aromatic N) is 2. The van der Waals surface area contributed by atoms with Crippen LogP contribution in [0.25, 0.3) is 0 Å². The van der Waals surface area contributed by atoms with Crippen molar-refractivity contribution in [1.82, 2.24) is 9.80 Å². The molecule has 0 spiro atoms. The zero-order valence-electron chi connectivity index (χ0n) is 9.95. The van der Waals surface area contributed by atoms with Crippen molar-refractivity contribution in [3.05, 3.63) is 0 Å². The maximum atomic E-state index is 9.79. The molecule has 1 heterocycles. The second-order valence-electron chi connectivity index (χ2n) is 5.25. The highest BCUT2D eigenvalue weighted by atomic mass is 16.3. The lowest BCUT2D eigenvalue weighted by Gasteiger charge is -2.32. The van der Waals surface area contributed by atoms with Crippen molar-refractivity contribution >= 4 is 0 Å². The molecule has 1 unspecified atom stereocenters. The monoisotopic (exact) mass is 200 g/mol. The van der Waals surface area contributed by atoms with E-state index in [4.69, 9.17) is 0 Å². The molecule has 1 aliphatic heterocycles. The standard InChI is InChI=1S/C11H24N2O/c1-10-8-12(4)6-5-7-13(10)9-11(2,3)14/h10,14H,5-9H2,1-4H3. The van der Waals surface area contributed by atoms with Gasteiger partial charge in [0.05, 0.1) is 5.60 Å². The Balaban J connectivity index is 2.51. The molecular formula is C11H24N2O. The molecule has 14 heavy (non-hydrogen) atoms. The van der Waals surface area contributed by atoms with Gasteiger partial charge in [0.15, 0.2) is 0 Å². The van der Waals surface area contributed by atoms with Crippen LogP contribution >= 0.6 is 0 Å². The molecule has 0 saturated carbocycles. The van der Waals surface area contributed by atoms with Gasteiger partial charge in [0.1, 0.15) is 0 Å². The quantitative estimate of drug-likeness (QED) is 0.714. The van der Waals surface area contributed by atoms with E-state index in [1.807, 2.05) is 13.8 Å². The Morgan fingerprint density at radius 1 is 1.36 bits per heavy atom. The summed E-state index contributed by atoms with van der Waals surface area (Å²) in [6, 6.07) is 0.550. The molecule has 0 aromatic carbocycles. The molecule has 1 saturated heterocycles. The zero-order chi connectivity index (χ0) is 10.8. The first-order valence-corrected chi connectivity index (χ1v) is 5.53. The fraction of sp³-hybridized carbons (Fsp3) is 1.00. The van der Waals surface area contributed by atoms with Gasteiger partial charge in [-0.25, -0.2) is 0 Å². The number of likely N-dealkylation sites (N-methyl/N-ethyl adjacent to an activating group) is 1. The van der Waals surface area contributed by atoms with Gasteiger partial charge in [0.25, 0.3) is 0 Å². The maximum absolute atomic E-state index is 9.79. The topological polar surface area (TPSA) is 26.7 Å². The smallest absolute Gasteiger partial charge is 0.0718 e. The van der Waals surface area contributed by atoms with Gasteiger partial charge in [-0.3, -0.25) is 4.90 Å². The van der Waals surface area contributed by atoms with Crippen LogP contribution in [0.3, 0.4) is 0 Å². The van der Waals surface area contributed by atoms with Crippen LogP contribution in [0.2, 0.25) is 0 Å². The maximum Gasteiger partial charge on any atom is 0.0718 e. The molecular weight excluding hydrogens is 176 g/mol. The van der Waals surface area contributed by atoms with E-state index in [0.29, 0.717) is 6.04 Å². The summed E-state index contributed by atoms with van der Waals surface area (Å²) < 4.78 is 0. The van der Waals surface area contributed by atoms with Crippen LogP contribution in [0.5, 0.6) is 0 Å². The lowest BCUT2D eigenvalue weighted by Crippen LogP contribution is -2.45. The molecule has 0 amide bonds. The van der Waals surface area contributed by atoms with Gasteiger partial charge in [-0.15, -0.1) is 0 Å². The van der Waals surface area contributed by atoms with E-state index in [1.54, 1.807) is 0 Å². The Morgan fingerprint density at radius 2 is 2.00 bits per heavy atom. The summed E-state index contributed by atoms with van der Waals surface area (Å²) in [5.74, 6) is 0. The van der Waals surface area contributed by atoms with E-state index >= 15 is 0 Å². The van der Waals surface area contributed by atoms with Gasteiger partial charge < -0.3 is 10.0 Å². The van der Waals surface area contributed by atoms with Crippen LogP contribution in [0.1, 0.15) is 27.2 Å². The molecule has 1 fully saturated rings. The van der Waals surface area contributed by atoms with E-state index in [2.05, 4.69) is 23.8 Å². The normalized spacial score (nSPS) is 27.6. The minimum Gasteiger partial charge on any atom is -0.389 e. The second-order valence-corrected chi connectivity index (χ2v) is 5.25. The Kier molecular flexibility index (Phi) is 3.93. The molecule has 3 nitrogen and oxygen atoms in total. The summed E-state index contributed by atoms with van der Waals surface area (Å²) >= 11 is 0. The van der Waals surface area contributed by atoms with Crippen molar-refractivity contribution in [2.24, 2.45) is 0 Å². The van der Waals surface area contributed by atoms with Crippen molar-refractivity contribution in [1.29, 1.82) is 0 Å². The number of aliphatic hydroxyl groups is 1. The highest BCUT2D eigenvalue weighted by molar-refractivity contribution is 4.80. The first-order chi connectivity index (χ1) is 6.38. The average molecular weight is 200 g/mol. The van der Waals surface area contributed by atoms with Gasteiger partial charge in [0, 0.05) is 19.1 Å². The summed E-state index contributed by atoms with van der Waals surface area (Å²) in [5.41, 5.74) is -0.572. The van der Waals surface area contributed by atoms with Crippen LogP contribution in [0.4, 0.5) is 0 Å². The van der Waals surface area contributed by atoms with Crippen LogP contribution < -0.4 is 0 Å². The molecule has 1 aliphatic rings. The number of rotatable bonds is 2. The van der Waals surface area contributed by atoms with E-state index in [-0.39, 0.29) is 0 Å². The Labute approximate surface area is 87.7 Å². The Morgan fingerprint density at radius 3 is 2.57 bits per heavy atom. The molecule has 0 aliphatic carbocycles. The minimum atomic E-state index is -0.572. The third kappa shape index (κ3) is 3.95. The SMILES string of the molecule is CC1CN(C)CCCN1CC(C)(C)O. The molecule has 84 valence electrons. The third-order valence-electron chi connectivity index (χ3n) is 2.77. The molecule has 1 atom stereocenters. The average Bonchev–Trinajstić information content (AvgIpc) is 2.11. The van der Waals surface area contributed by atoms with Crippen molar-refractivity contribution in [3.8, 4) is 0 Å². The first kappa shape index (κ1) is 12.0. The van der Waals surface area contributed by atoms with Crippen LogP contribution in [-0.4, -0.2) is 59.8 Å².